The number of hydrogen-bond donors (Lipinski definition) is 3. The molecule has 0 spiro atoms. The van der Waals surface area contributed by atoms with E-state index in [4.69, 9.17) is 0 Å². The first-order valence-electron chi connectivity index (χ1n) is 8.19. The number of anilines is 2. The molecule has 3 N–H and O–H groups in total. The number of phenolic OH excluding ortho intramolecular Hbond substituents is 1. The maximum absolute atomic E-state index is 12.0. The van der Waals surface area contributed by atoms with Gasteiger partial charge in [-0.15, -0.1) is 0 Å². The lowest BCUT2D eigenvalue weighted by atomic mass is 10.1. The van der Waals surface area contributed by atoms with E-state index in [2.05, 4.69) is 15.6 Å². The largest absolute Gasteiger partial charge is 0.504 e. The van der Waals surface area contributed by atoms with Gasteiger partial charge in [0.05, 0.1) is 11.4 Å². The van der Waals surface area contributed by atoms with Gasteiger partial charge in [-0.2, -0.15) is 0 Å². The fourth-order valence-corrected chi connectivity index (χ4v) is 2.45. The first-order chi connectivity index (χ1) is 11.5. The zero-order chi connectivity index (χ0) is 17.7. The third kappa shape index (κ3) is 4.01. The molecule has 0 fully saturated rings. The molecule has 0 aliphatic rings. The summed E-state index contributed by atoms with van der Waals surface area (Å²) >= 11 is 0. The predicted molar refractivity (Wildman–Crippen MR) is 95.2 cm³/mol. The summed E-state index contributed by atoms with van der Waals surface area (Å²) in [4.78, 5) is 28.2. The van der Waals surface area contributed by atoms with Crippen LogP contribution in [-0.4, -0.2) is 21.9 Å². The van der Waals surface area contributed by atoms with Gasteiger partial charge in [0.2, 0.25) is 11.8 Å². The molecule has 0 saturated heterocycles. The van der Waals surface area contributed by atoms with Crippen molar-refractivity contribution >= 4 is 34.1 Å². The Hall–Kier alpha value is -2.63. The topological polar surface area (TPSA) is 91.3 Å². The molecule has 2 aromatic rings. The molecule has 1 heterocycles. The van der Waals surface area contributed by atoms with Gasteiger partial charge in [0.25, 0.3) is 0 Å². The SMILES string of the molecule is CCCC(=O)Nc1cc(NC(=O)CCC)c2ccc(C)nc2c1O. The van der Waals surface area contributed by atoms with E-state index < -0.39 is 0 Å². The number of carbonyl (C=O) groups is 2. The van der Waals surface area contributed by atoms with Crippen molar-refractivity contribution in [1.29, 1.82) is 0 Å². The van der Waals surface area contributed by atoms with Crippen molar-refractivity contribution in [2.75, 3.05) is 10.6 Å². The highest BCUT2D eigenvalue weighted by Gasteiger charge is 2.16. The van der Waals surface area contributed by atoms with Gasteiger partial charge >= 0.3 is 0 Å². The summed E-state index contributed by atoms with van der Waals surface area (Å²) in [7, 11) is 0. The molecule has 0 radical (unpaired) electrons. The molecule has 24 heavy (non-hydrogen) atoms. The van der Waals surface area contributed by atoms with Crippen LogP contribution in [0.2, 0.25) is 0 Å². The quantitative estimate of drug-likeness (QED) is 0.556. The lowest BCUT2D eigenvalue weighted by Gasteiger charge is -2.14. The zero-order valence-corrected chi connectivity index (χ0v) is 14.3. The van der Waals surface area contributed by atoms with Crippen LogP contribution in [0.3, 0.4) is 0 Å². The lowest BCUT2D eigenvalue weighted by molar-refractivity contribution is -0.117. The summed E-state index contributed by atoms with van der Waals surface area (Å²) in [5, 5.41) is 16.6. The van der Waals surface area contributed by atoms with Crippen LogP contribution in [0.5, 0.6) is 5.75 Å². The van der Waals surface area contributed by atoms with Crippen molar-refractivity contribution in [2.24, 2.45) is 0 Å². The molecule has 0 atom stereocenters. The number of fused-ring (bicyclic) bond motifs is 1. The summed E-state index contributed by atoms with van der Waals surface area (Å²) in [5.74, 6) is -0.395. The molecule has 6 nitrogen and oxygen atoms in total. The minimum atomic E-state index is -0.189. The molecule has 128 valence electrons. The number of aromatic hydroxyl groups is 1. The molecular formula is C18H23N3O3. The third-order valence-electron chi connectivity index (χ3n) is 3.60. The normalized spacial score (nSPS) is 10.6. The van der Waals surface area contributed by atoms with E-state index in [-0.39, 0.29) is 23.3 Å². The second kappa shape index (κ2) is 7.77. The third-order valence-corrected chi connectivity index (χ3v) is 3.60. The van der Waals surface area contributed by atoms with Crippen molar-refractivity contribution in [1.82, 2.24) is 4.98 Å². The molecule has 1 aromatic carbocycles. The molecule has 0 bridgehead atoms. The van der Waals surface area contributed by atoms with Crippen LogP contribution in [0.15, 0.2) is 18.2 Å². The smallest absolute Gasteiger partial charge is 0.224 e. The second-order valence-electron chi connectivity index (χ2n) is 5.77. The van der Waals surface area contributed by atoms with Crippen LogP contribution in [-0.2, 0) is 9.59 Å². The van der Waals surface area contributed by atoms with E-state index in [0.29, 0.717) is 35.9 Å². The number of nitrogens with zero attached hydrogens (tertiary/aromatic N) is 1. The van der Waals surface area contributed by atoms with E-state index >= 15 is 0 Å². The second-order valence-corrected chi connectivity index (χ2v) is 5.77. The number of pyridine rings is 1. The summed E-state index contributed by atoms with van der Waals surface area (Å²) in [5.41, 5.74) is 1.88. The number of phenols is 1. The fourth-order valence-electron chi connectivity index (χ4n) is 2.45. The Balaban J connectivity index is 2.51. The Morgan fingerprint density at radius 1 is 1.04 bits per heavy atom. The van der Waals surface area contributed by atoms with Crippen LogP contribution in [0.4, 0.5) is 11.4 Å². The van der Waals surface area contributed by atoms with Crippen LogP contribution >= 0.6 is 0 Å². The van der Waals surface area contributed by atoms with Gasteiger partial charge in [-0.3, -0.25) is 9.59 Å². The summed E-state index contributed by atoms with van der Waals surface area (Å²) in [6.45, 7) is 5.65. The fraction of sp³-hybridized carbons (Fsp3) is 0.389. The van der Waals surface area contributed by atoms with Gasteiger partial charge in [-0.1, -0.05) is 13.8 Å². The minimum absolute atomic E-state index is 0.0911. The van der Waals surface area contributed by atoms with Crippen molar-refractivity contribution in [3.63, 3.8) is 0 Å². The molecule has 0 aliphatic heterocycles. The maximum Gasteiger partial charge on any atom is 0.224 e. The Bertz CT molecular complexity index is 772. The molecule has 2 amide bonds. The van der Waals surface area contributed by atoms with Crippen molar-refractivity contribution in [3.05, 3.63) is 23.9 Å². The van der Waals surface area contributed by atoms with E-state index in [1.807, 2.05) is 26.8 Å². The van der Waals surface area contributed by atoms with E-state index in [0.717, 1.165) is 12.1 Å². The molecule has 2 rings (SSSR count). The Labute approximate surface area is 141 Å². The molecule has 0 unspecified atom stereocenters. The first-order valence-corrected chi connectivity index (χ1v) is 8.19. The van der Waals surface area contributed by atoms with E-state index in [1.54, 1.807) is 12.1 Å². The van der Waals surface area contributed by atoms with Crippen LogP contribution in [0, 0.1) is 6.92 Å². The molecule has 0 aliphatic carbocycles. The van der Waals surface area contributed by atoms with Gasteiger partial charge in [0.15, 0.2) is 5.75 Å². The first kappa shape index (κ1) is 17.7. The van der Waals surface area contributed by atoms with Crippen molar-refractivity contribution in [2.45, 2.75) is 46.5 Å². The number of aromatic nitrogens is 1. The molecule has 6 heteroatoms. The summed E-state index contributed by atoms with van der Waals surface area (Å²) in [6, 6.07) is 5.19. The van der Waals surface area contributed by atoms with Gasteiger partial charge in [0, 0.05) is 23.9 Å². The Kier molecular flexibility index (Phi) is 5.73. The van der Waals surface area contributed by atoms with Gasteiger partial charge in [-0.25, -0.2) is 4.98 Å². The molecule has 0 saturated carbocycles. The van der Waals surface area contributed by atoms with Crippen LogP contribution in [0.1, 0.15) is 45.2 Å². The molecular weight excluding hydrogens is 306 g/mol. The summed E-state index contributed by atoms with van der Waals surface area (Å²) in [6.07, 6.45) is 2.20. The summed E-state index contributed by atoms with van der Waals surface area (Å²) < 4.78 is 0. The number of carbonyl (C=O) groups excluding carboxylic acids is 2. The number of nitrogens with one attached hydrogen (secondary N) is 2. The maximum atomic E-state index is 12.0. The van der Waals surface area contributed by atoms with E-state index in [1.165, 1.54) is 0 Å². The highest BCUT2D eigenvalue weighted by Crippen LogP contribution is 2.37. The molecule has 1 aromatic heterocycles. The average Bonchev–Trinajstić information content (AvgIpc) is 2.52. The number of rotatable bonds is 6. The highest BCUT2D eigenvalue weighted by molar-refractivity contribution is 6.07. The monoisotopic (exact) mass is 329 g/mol. The lowest BCUT2D eigenvalue weighted by Crippen LogP contribution is -2.14. The van der Waals surface area contributed by atoms with Gasteiger partial charge < -0.3 is 15.7 Å². The van der Waals surface area contributed by atoms with Crippen LogP contribution < -0.4 is 10.6 Å². The number of hydrogen-bond acceptors (Lipinski definition) is 4. The van der Waals surface area contributed by atoms with Crippen molar-refractivity contribution in [3.8, 4) is 5.75 Å². The minimum Gasteiger partial charge on any atom is -0.504 e. The highest BCUT2D eigenvalue weighted by atomic mass is 16.3. The Morgan fingerprint density at radius 2 is 1.62 bits per heavy atom. The number of aryl methyl sites for hydroxylation is 1. The van der Waals surface area contributed by atoms with Crippen molar-refractivity contribution < 1.29 is 14.7 Å². The average molecular weight is 329 g/mol. The zero-order valence-electron chi connectivity index (χ0n) is 14.3. The number of benzene rings is 1. The Morgan fingerprint density at radius 3 is 2.21 bits per heavy atom. The van der Waals surface area contributed by atoms with E-state index in [9.17, 15) is 14.7 Å². The van der Waals surface area contributed by atoms with Crippen LogP contribution in [0.25, 0.3) is 10.9 Å². The number of amides is 2. The predicted octanol–water partition coefficient (Wildman–Crippen LogP) is 3.73. The van der Waals surface area contributed by atoms with Gasteiger partial charge in [-0.05, 0) is 38.0 Å². The standard InChI is InChI=1S/C18H23N3O3/c1-4-6-15(22)20-13-10-14(21-16(23)7-5-2)18(24)17-12(13)9-8-11(3)19-17/h8-10,24H,4-7H2,1-3H3,(H,20,22)(H,21,23). The van der Waals surface area contributed by atoms with Gasteiger partial charge in [0.1, 0.15) is 5.52 Å².